The van der Waals surface area contributed by atoms with E-state index in [0.717, 1.165) is 31.5 Å². The van der Waals surface area contributed by atoms with E-state index in [2.05, 4.69) is 5.32 Å². The van der Waals surface area contributed by atoms with Crippen molar-refractivity contribution in [1.29, 1.82) is 0 Å². The van der Waals surface area contributed by atoms with Crippen LogP contribution in [0.25, 0.3) is 0 Å². The van der Waals surface area contributed by atoms with Gasteiger partial charge in [-0.1, -0.05) is 24.3 Å². The number of carbonyl (C=O) groups is 2. The normalized spacial score (nSPS) is 17.1. The molecule has 2 aromatic rings. The largest absolute Gasteiger partial charge is 0.339 e. The second-order valence-electron chi connectivity index (χ2n) is 7.15. The van der Waals surface area contributed by atoms with Crippen LogP contribution < -0.4 is 5.32 Å². The fourth-order valence-electron chi connectivity index (χ4n) is 3.63. The molecule has 0 aliphatic carbocycles. The zero-order chi connectivity index (χ0) is 19.5. The Kier molecular flexibility index (Phi) is 5.97. The van der Waals surface area contributed by atoms with E-state index in [4.69, 9.17) is 0 Å². The summed E-state index contributed by atoms with van der Waals surface area (Å²) in [5.41, 5.74) is 3.96. The first-order valence-electron chi connectivity index (χ1n) is 9.67. The first-order chi connectivity index (χ1) is 13.6. The quantitative estimate of drug-likeness (QED) is 0.771. The van der Waals surface area contributed by atoms with E-state index < -0.39 is 0 Å². The topological polar surface area (TPSA) is 49.4 Å². The van der Waals surface area contributed by atoms with Crippen molar-refractivity contribution in [3.05, 3.63) is 64.7 Å². The van der Waals surface area contributed by atoms with Crippen molar-refractivity contribution in [2.45, 2.75) is 24.3 Å². The number of para-hydroxylation sites is 1. The highest BCUT2D eigenvalue weighted by atomic mass is 32.2. The van der Waals surface area contributed by atoms with Gasteiger partial charge in [-0.15, -0.1) is 23.5 Å². The van der Waals surface area contributed by atoms with Gasteiger partial charge in [0, 0.05) is 30.2 Å². The third-order valence-electron chi connectivity index (χ3n) is 5.20. The molecule has 28 heavy (non-hydrogen) atoms. The number of rotatable bonds is 4. The van der Waals surface area contributed by atoms with E-state index in [0.29, 0.717) is 21.4 Å². The molecule has 2 aliphatic rings. The molecule has 2 fully saturated rings. The van der Waals surface area contributed by atoms with E-state index >= 15 is 0 Å². The van der Waals surface area contributed by atoms with Gasteiger partial charge in [0.1, 0.15) is 0 Å². The summed E-state index contributed by atoms with van der Waals surface area (Å²) in [4.78, 5) is 27.6. The summed E-state index contributed by atoms with van der Waals surface area (Å²) in [5, 5.41) is 2.99. The number of benzene rings is 2. The molecule has 1 N–H and O–H groups in total. The number of amides is 2. The van der Waals surface area contributed by atoms with E-state index in [1.54, 1.807) is 6.07 Å². The lowest BCUT2D eigenvalue weighted by Crippen LogP contribution is -2.29. The molecule has 2 aromatic carbocycles. The predicted octanol–water partition coefficient (Wildman–Crippen LogP) is 4.96. The average Bonchev–Trinajstić information content (AvgIpc) is 3.43. The Morgan fingerprint density at radius 1 is 1.00 bits per heavy atom. The van der Waals surface area contributed by atoms with E-state index in [9.17, 15) is 9.59 Å². The lowest BCUT2D eigenvalue weighted by molar-refractivity contribution is 0.0794. The molecular weight excluding hydrogens is 388 g/mol. The van der Waals surface area contributed by atoms with Gasteiger partial charge in [-0.2, -0.15) is 0 Å². The number of anilines is 1. The minimum absolute atomic E-state index is 0.00197. The highest BCUT2D eigenvalue weighted by Crippen LogP contribution is 2.45. The fourth-order valence-corrected chi connectivity index (χ4v) is 6.49. The number of nitrogens with one attached hydrogen (secondary N) is 1. The number of likely N-dealkylation sites (tertiary alicyclic amines) is 1. The summed E-state index contributed by atoms with van der Waals surface area (Å²) in [7, 11) is 0. The van der Waals surface area contributed by atoms with Crippen molar-refractivity contribution >= 4 is 41.0 Å². The van der Waals surface area contributed by atoms with Gasteiger partial charge in [-0.3, -0.25) is 9.59 Å². The van der Waals surface area contributed by atoms with Gasteiger partial charge in [0.25, 0.3) is 11.8 Å². The van der Waals surface area contributed by atoms with Crippen molar-refractivity contribution in [3.63, 3.8) is 0 Å². The number of aryl methyl sites for hydroxylation is 1. The van der Waals surface area contributed by atoms with Crippen LogP contribution in [0.15, 0.2) is 42.5 Å². The van der Waals surface area contributed by atoms with Gasteiger partial charge in [-0.05, 0) is 49.1 Å². The van der Waals surface area contributed by atoms with Gasteiger partial charge >= 0.3 is 0 Å². The van der Waals surface area contributed by atoms with E-state index in [1.165, 1.54) is 17.1 Å². The molecule has 2 aliphatic heterocycles. The van der Waals surface area contributed by atoms with Crippen molar-refractivity contribution in [3.8, 4) is 0 Å². The first-order valence-corrected chi connectivity index (χ1v) is 11.8. The smallest absolute Gasteiger partial charge is 0.255 e. The minimum Gasteiger partial charge on any atom is -0.339 e. The Morgan fingerprint density at radius 2 is 1.68 bits per heavy atom. The molecule has 0 saturated carbocycles. The highest BCUT2D eigenvalue weighted by molar-refractivity contribution is 8.19. The maximum absolute atomic E-state index is 12.9. The molecule has 0 spiro atoms. The third-order valence-corrected chi connectivity index (χ3v) is 8.31. The predicted molar refractivity (Wildman–Crippen MR) is 118 cm³/mol. The minimum atomic E-state index is -0.178. The Bertz CT molecular complexity index is 871. The Balaban J connectivity index is 1.53. The zero-order valence-corrected chi connectivity index (χ0v) is 17.6. The van der Waals surface area contributed by atoms with Crippen LogP contribution in [0.1, 0.15) is 49.3 Å². The molecule has 0 radical (unpaired) electrons. The number of hydrogen-bond acceptors (Lipinski definition) is 4. The van der Waals surface area contributed by atoms with Crippen molar-refractivity contribution < 1.29 is 9.59 Å². The second kappa shape index (κ2) is 8.62. The second-order valence-corrected chi connectivity index (χ2v) is 9.87. The van der Waals surface area contributed by atoms with Crippen LogP contribution in [0.2, 0.25) is 0 Å². The fraction of sp³-hybridized carbons (Fsp3) is 0.364. The molecule has 146 valence electrons. The Morgan fingerprint density at radius 3 is 2.36 bits per heavy atom. The van der Waals surface area contributed by atoms with Crippen LogP contribution in [0.3, 0.4) is 0 Å². The molecule has 0 unspecified atom stereocenters. The SMILES string of the molecule is Cc1cccc(C(=O)N2CCCC2)c1NC(=O)c1ccc(C2SCCS2)cc1. The van der Waals surface area contributed by atoms with Crippen molar-refractivity contribution in [2.24, 2.45) is 0 Å². The van der Waals surface area contributed by atoms with Crippen LogP contribution in [-0.4, -0.2) is 41.3 Å². The monoisotopic (exact) mass is 412 g/mol. The molecule has 2 heterocycles. The summed E-state index contributed by atoms with van der Waals surface area (Å²) < 4.78 is 0.471. The molecular formula is C22H24N2O2S2. The van der Waals surface area contributed by atoms with Gasteiger partial charge in [0.2, 0.25) is 0 Å². The Hall–Kier alpha value is -1.92. The van der Waals surface area contributed by atoms with Crippen LogP contribution >= 0.6 is 23.5 Å². The van der Waals surface area contributed by atoms with Gasteiger partial charge < -0.3 is 10.2 Å². The van der Waals surface area contributed by atoms with Gasteiger partial charge in [-0.25, -0.2) is 0 Å². The first kappa shape index (κ1) is 19.4. The van der Waals surface area contributed by atoms with E-state index in [1.807, 2.05) is 71.7 Å². The number of nitrogens with zero attached hydrogens (tertiary/aromatic N) is 1. The lowest BCUT2D eigenvalue weighted by Gasteiger charge is -2.19. The molecule has 0 atom stereocenters. The summed E-state index contributed by atoms with van der Waals surface area (Å²) in [6, 6.07) is 13.4. The molecule has 2 amide bonds. The summed E-state index contributed by atoms with van der Waals surface area (Å²) in [5.74, 6) is 2.18. The average molecular weight is 413 g/mol. The van der Waals surface area contributed by atoms with Gasteiger partial charge in [0.15, 0.2) is 0 Å². The van der Waals surface area contributed by atoms with Crippen molar-refractivity contribution in [2.75, 3.05) is 29.9 Å². The summed E-state index contributed by atoms with van der Waals surface area (Å²) in [6.45, 7) is 3.51. The number of thioether (sulfide) groups is 2. The van der Waals surface area contributed by atoms with Crippen LogP contribution in [-0.2, 0) is 0 Å². The van der Waals surface area contributed by atoms with Crippen LogP contribution in [0.5, 0.6) is 0 Å². The van der Waals surface area contributed by atoms with Gasteiger partial charge in [0.05, 0.1) is 15.8 Å². The van der Waals surface area contributed by atoms with Crippen molar-refractivity contribution in [1.82, 2.24) is 4.90 Å². The molecule has 4 rings (SSSR count). The molecule has 2 saturated heterocycles. The zero-order valence-electron chi connectivity index (χ0n) is 15.9. The molecule has 4 nitrogen and oxygen atoms in total. The van der Waals surface area contributed by atoms with Crippen LogP contribution in [0, 0.1) is 6.92 Å². The number of hydrogen-bond donors (Lipinski definition) is 1. The Labute approximate surface area is 174 Å². The highest BCUT2D eigenvalue weighted by Gasteiger charge is 2.24. The maximum atomic E-state index is 12.9. The maximum Gasteiger partial charge on any atom is 0.255 e. The summed E-state index contributed by atoms with van der Waals surface area (Å²) >= 11 is 3.90. The van der Waals surface area contributed by atoms with E-state index in [-0.39, 0.29) is 11.8 Å². The molecule has 0 bridgehead atoms. The number of carbonyl (C=O) groups excluding carboxylic acids is 2. The summed E-state index contributed by atoms with van der Waals surface area (Å²) in [6.07, 6.45) is 2.09. The molecule has 6 heteroatoms. The van der Waals surface area contributed by atoms with Crippen LogP contribution in [0.4, 0.5) is 5.69 Å². The molecule has 0 aromatic heterocycles. The standard InChI is InChI=1S/C22H24N2O2S2/c1-15-5-4-6-18(21(26)24-11-2-3-12-24)19(15)23-20(25)16-7-9-17(10-8-16)22-27-13-14-28-22/h4-10,22H,2-3,11-14H2,1H3,(H,23,25). The third kappa shape index (κ3) is 4.08. The lowest BCUT2D eigenvalue weighted by atomic mass is 10.1.